The Morgan fingerprint density at radius 1 is 1.29 bits per heavy atom. The van der Waals surface area contributed by atoms with E-state index in [1.165, 1.54) is 6.26 Å². The molecule has 0 bridgehead atoms. The molecule has 0 unspecified atom stereocenters. The molecule has 0 aliphatic rings. The summed E-state index contributed by atoms with van der Waals surface area (Å²) in [5.74, 6) is 0. The molecule has 0 atom stereocenters. The summed E-state index contributed by atoms with van der Waals surface area (Å²) in [6, 6.07) is 8.78. The van der Waals surface area contributed by atoms with Crippen molar-refractivity contribution in [3.63, 3.8) is 0 Å². The molecule has 1 aromatic carbocycles. The molecule has 1 aromatic heterocycles. The largest absolute Gasteiger partial charge is 0.381 e. The van der Waals surface area contributed by atoms with Crippen molar-refractivity contribution in [2.24, 2.45) is 0 Å². The number of hydrogen-bond donors (Lipinski definition) is 2. The van der Waals surface area contributed by atoms with Crippen LogP contribution in [0.3, 0.4) is 0 Å². The fourth-order valence-electron chi connectivity index (χ4n) is 1.51. The molecule has 17 heavy (non-hydrogen) atoms. The minimum Gasteiger partial charge on any atom is -0.381 e. The normalized spacial score (nSPS) is 11.4. The Bertz CT molecular complexity index is 589. The molecule has 2 N–H and O–H groups in total. The highest BCUT2D eigenvalue weighted by Crippen LogP contribution is 2.15. The van der Waals surface area contributed by atoms with Gasteiger partial charge in [0.05, 0.1) is 4.90 Å². The Labute approximate surface area is 101 Å². The molecule has 0 spiro atoms. The minimum absolute atomic E-state index is 0.330. The molecule has 2 aromatic rings. The van der Waals surface area contributed by atoms with Crippen LogP contribution in [0.15, 0.2) is 47.6 Å². The molecule has 4 nitrogen and oxygen atoms in total. The molecular weight excluding hydrogens is 236 g/mol. The van der Waals surface area contributed by atoms with E-state index in [1.807, 2.05) is 24.5 Å². The van der Waals surface area contributed by atoms with E-state index in [4.69, 9.17) is 0 Å². The van der Waals surface area contributed by atoms with E-state index in [-0.39, 0.29) is 0 Å². The fourth-order valence-corrected chi connectivity index (χ4v) is 2.18. The first kappa shape index (κ1) is 11.7. The first-order valence-corrected chi connectivity index (χ1v) is 7.10. The van der Waals surface area contributed by atoms with Gasteiger partial charge in [0.15, 0.2) is 9.84 Å². The molecule has 2 rings (SSSR count). The van der Waals surface area contributed by atoms with Crippen LogP contribution < -0.4 is 5.32 Å². The maximum atomic E-state index is 11.4. The van der Waals surface area contributed by atoms with Gasteiger partial charge in [-0.3, -0.25) is 0 Å². The van der Waals surface area contributed by atoms with E-state index in [0.29, 0.717) is 11.4 Å². The summed E-state index contributed by atoms with van der Waals surface area (Å²) in [7, 11) is -3.14. The lowest BCUT2D eigenvalue weighted by Crippen LogP contribution is -2.01. The molecule has 0 amide bonds. The van der Waals surface area contributed by atoms with Gasteiger partial charge in [0, 0.05) is 30.9 Å². The van der Waals surface area contributed by atoms with E-state index in [9.17, 15) is 8.42 Å². The number of benzene rings is 1. The fraction of sp³-hybridized carbons (Fsp3) is 0.167. The van der Waals surface area contributed by atoms with Gasteiger partial charge in [-0.1, -0.05) is 6.07 Å². The summed E-state index contributed by atoms with van der Waals surface area (Å²) in [6.45, 7) is 0.663. The maximum absolute atomic E-state index is 11.4. The second-order valence-electron chi connectivity index (χ2n) is 3.87. The molecule has 1 heterocycles. The Morgan fingerprint density at radius 2 is 2.12 bits per heavy atom. The number of anilines is 1. The molecule has 0 aliphatic carbocycles. The number of aromatic nitrogens is 1. The second kappa shape index (κ2) is 4.63. The second-order valence-corrected chi connectivity index (χ2v) is 5.89. The van der Waals surface area contributed by atoms with Crippen molar-refractivity contribution in [1.82, 2.24) is 4.98 Å². The number of aromatic amines is 1. The summed E-state index contributed by atoms with van der Waals surface area (Å²) in [4.78, 5) is 3.30. The first-order chi connectivity index (χ1) is 8.05. The van der Waals surface area contributed by atoms with Gasteiger partial charge in [0.25, 0.3) is 0 Å². The third-order valence-electron chi connectivity index (χ3n) is 2.42. The van der Waals surface area contributed by atoms with E-state index in [2.05, 4.69) is 10.3 Å². The monoisotopic (exact) mass is 250 g/mol. The lowest BCUT2D eigenvalue weighted by molar-refractivity contribution is 0.602. The number of rotatable bonds is 4. The Hall–Kier alpha value is -1.75. The van der Waals surface area contributed by atoms with Crippen molar-refractivity contribution >= 4 is 15.5 Å². The number of nitrogens with one attached hydrogen (secondary N) is 2. The Balaban J connectivity index is 2.12. The molecule has 0 saturated carbocycles. The Morgan fingerprint density at radius 3 is 2.76 bits per heavy atom. The van der Waals surface area contributed by atoms with Crippen LogP contribution in [0.1, 0.15) is 5.56 Å². The summed E-state index contributed by atoms with van der Waals surface area (Å²) < 4.78 is 22.8. The van der Waals surface area contributed by atoms with Crippen LogP contribution in [0, 0.1) is 0 Å². The van der Waals surface area contributed by atoms with E-state index in [1.54, 1.807) is 18.2 Å². The first-order valence-electron chi connectivity index (χ1n) is 5.21. The molecular formula is C12H14N2O2S. The van der Waals surface area contributed by atoms with Gasteiger partial charge in [-0.15, -0.1) is 0 Å². The van der Waals surface area contributed by atoms with E-state index in [0.717, 1.165) is 11.3 Å². The molecule has 90 valence electrons. The summed E-state index contributed by atoms with van der Waals surface area (Å²) in [6.07, 6.45) is 4.95. The van der Waals surface area contributed by atoms with Gasteiger partial charge < -0.3 is 10.3 Å². The van der Waals surface area contributed by atoms with Gasteiger partial charge in [-0.25, -0.2) is 8.42 Å². The molecule has 0 fully saturated rings. The van der Waals surface area contributed by atoms with Crippen LogP contribution in [0.2, 0.25) is 0 Å². The van der Waals surface area contributed by atoms with Gasteiger partial charge >= 0.3 is 0 Å². The zero-order valence-corrected chi connectivity index (χ0v) is 10.3. The van der Waals surface area contributed by atoms with Crippen molar-refractivity contribution < 1.29 is 8.42 Å². The highest BCUT2D eigenvalue weighted by molar-refractivity contribution is 7.90. The van der Waals surface area contributed by atoms with Crippen molar-refractivity contribution in [3.8, 4) is 0 Å². The molecule has 5 heteroatoms. The van der Waals surface area contributed by atoms with Crippen molar-refractivity contribution in [1.29, 1.82) is 0 Å². The zero-order chi connectivity index (χ0) is 12.3. The van der Waals surface area contributed by atoms with Crippen LogP contribution >= 0.6 is 0 Å². The highest BCUT2D eigenvalue weighted by Gasteiger charge is 2.06. The standard InChI is InChI=1S/C12H14N2O2S/c1-17(15,16)12-4-2-3-11(7-12)14-9-10-5-6-13-8-10/h2-8,13-14H,9H2,1H3. The van der Waals surface area contributed by atoms with Crippen molar-refractivity contribution in [2.45, 2.75) is 11.4 Å². The van der Waals surface area contributed by atoms with E-state index >= 15 is 0 Å². The maximum Gasteiger partial charge on any atom is 0.175 e. The van der Waals surface area contributed by atoms with Gasteiger partial charge in [-0.2, -0.15) is 0 Å². The number of H-pyrrole nitrogens is 1. The lowest BCUT2D eigenvalue weighted by atomic mass is 10.3. The van der Waals surface area contributed by atoms with Crippen LogP contribution in [0.5, 0.6) is 0 Å². The zero-order valence-electron chi connectivity index (χ0n) is 9.47. The highest BCUT2D eigenvalue weighted by atomic mass is 32.2. The quantitative estimate of drug-likeness (QED) is 0.872. The van der Waals surface area contributed by atoms with Gasteiger partial charge in [0.1, 0.15) is 0 Å². The molecule has 0 saturated heterocycles. The number of sulfone groups is 1. The summed E-state index contributed by atoms with van der Waals surface area (Å²) in [5.41, 5.74) is 1.92. The van der Waals surface area contributed by atoms with Crippen LogP contribution in [-0.2, 0) is 16.4 Å². The van der Waals surface area contributed by atoms with Crippen molar-refractivity contribution in [3.05, 3.63) is 48.3 Å². The predicted molar refractivity (Wildman–Crippen MR) is 67.7 cm³/mol. The lowest BCUT2D eigenvalue weighted by Gasteiger charge is -2.06. The van der Waals surface area contributed by atoms with Gasteiger partial charge in [0.2, 0.25) is 0 Å². The minimum atomic E-state index is -3.14. The summed E-state index contributed by atoms with van der Waals surface area (Å²) >= 11 is 0. The van der Waals surface area contributed by atoms with Crippen LogP contribution in [-0.4, -0.2) is 19.7 Å². The van der Waals surface area contributed by atoms with Crippen LogP contribution in [0.4, 0.5) is 5.69 Å². The topological polar surface area (TPSA) is 62.0 Å². The predicted octanol–water partition coefficient (Wildman–Crippen LogP) is 2.03. The smallest absolute Gasteiger partial charge is 0.175 e. The van der Waals surface area contributed by atoms with Crippen LogP contribution in [0.25, 0.3) is 0 Å². The average molecular weight is 250 g/mol. The SMILES string of the molecule is CS(=O)(=O)c1cccc(NCc2cc[nH]c2)c1. The third-order valence-corrected chi connectivity index (χ3v) is 3.53. The molecule has 0 radical (unpaired) electrons. The third kappa shape index (κ3) is 3.10. The van der Waals surface area contributed by atoms with E-state index < -0.39 is 9.84 Å². The molecule has 0 aliphatic heterocycles. The average Bonchev–Trinajstić information content (AvgIpc) is 2.78. The summed E-state index contributed by atoms with van der Waals surface area (Å²) in [5, 5.41) is 3.18. The Kier molecular flexibility index (Phi) is 3.19. The number of hydrogen-bond acceptors (Lipinski definition) is 3. The van der Waals surface area contributed by atoms with Gasteiger partial charge in [-0.05, 0) is 29.8 Å². The van der Waals surface area contributed by atoms with Crippen molar-refractivity contribution in [2.75, 3.05) is 11.6 Å².